The molecule has 0 aromatic heterocycles. The van der Waals surface area contributed by atoms with Crippen LogP contribution in [0.3, 0.4) is 0 Å². The molecule has 3 aromatic rings. The van der Waals surface area contributed by atoms with Gasteiger partial charge in [-0.1, -0.05) is 45.7 Å². The van der Waals surface area contributed by atoms with Crippen molar-refractivity contribution in [3.05, 3.63) is 92.9 Å². The fourth-order valence-corrected chi connectivity index (χ4v) is 3.58. The predicted octanol–water partition coefficient (Wildman–Crippen LogP) is 7.19. The lowest BCUT2D eigenvalue weighted by atomic mass is 10.0. The summed E-state index contributed by atoms with van der Waals surface area (Å²) in [6, 6.07) is 19.8. The van der Waals surface area contributed by atoms with Crippen LogP contribution < -0.4 is 14.2 Å². The fourth-order valence-electron chi connectivity index (χ4n) is 3.07. The number of hydrogen-bond acceptors (Lipinski definition) is 5. The summed E-state index contributed by atoms with van der Waals surface area (Å²) in [6.45, 7) is 2.40. The molecule has 0 bridgehead atoms. The summed E-state index contributed by atoms with van der Waals surface area (Å²) in [5.74, 6) is 0.722. The maximum absolute atomic E-state index is 12.4. The van der Waals surface area contributed by atoms with Crippen LogP contribution in [-0.4, -0.2) is 19.7 Å². The van der Waals surface area contributed by atoms with Gasteiger partial charge in [0.05, 0.1) is 25.4 Å². The van der Waals surface area contributed by atoms with Crippen molar-refractivity contribution in [2.45, 2.75) is 6.92 Å². The van der Waals surface area contributed by atoms with Crippen molar-refractivity contribution < 1.29 is 19.0 Å². The second-order valence-electron chi connectivity index (χ2n) is 6.96. The topological polar surface area (TPSA) is 68.5 Å². The predicted molar refractivity (Wildman–Crippen MR) is 138 cm³/mol. The lowest BCUT2D eigenvalue weighted by Gasteiger charge is -2.10. The van der Waals surface area contributed by atoms with Gasteiger partial charge in [-0.25, -0.2) is 4.79 Å². The Morgan fingerprint density at radius 1 is 1.06 bits per heavy atom. The minimum atomic E-state index is -0.567. The van der Waals surface area contributed by atoms with Crippen LogP contribution in [0.15, 0.2) is 71.2 Å². The van der Waals surface area contributed by atoms with E-state index in [1.165, 1.54) is 13.2 Å². The van der Waals surface area contributed by atoms with E-state index in [1.807, 2.05) is 25.1 Å². The average molecular weight is 539 g/mol. The first-order valence-corrected chi connectivity index (χ1v) is 11.5. The Kier molecular flexibility index (Phi) is 8.92. The van der Waals surface area contributed by atoms with E-state index in [0.29, 0.717) is 34.3 Å². The number of ether oxygens (including phenoxy) is 3. The number of benzene rings is 3. The van der Waals surface area contributed by atoms with E-state index in [9.17, 15) is 10.1 Å². The van der Waals surface area contributed by atoms with E-state index in [0.717, 1.165) is 15.6 Å². The zero-order valence-electron chi connectivity index (χ0n) is 18.5. The van der Waals surface area contributed by atoms with Gasteiger partial charge in [-0.15, -0.1) is 0 Å². The molecule has 0 aliphatic rings. The van der Waals surface area contributed by atoms with Crippen molar-refractivity contribution in [1.82, 2.24) is 0 Å². The highest BCUT2D eigenvalue weighted by molar-refractivity contribution is 9.10. The number of rotatable bonds is 8. The number of esters is 1. The van der Waals surface area contributed by atoms with Crippen LogP contribution in [0.4, 0.5) is 0 Å². The summed E-state index contributed by atoms with van der Waals surface area (Å²) in [5.41, 5.74) is 2.66. The molecule has 0 amide bonds. The summed E-state index contributed by atoms with van der Waals surface area (Å²) in [4.78, 5) is 12.4. The summed E-state index contributed by atoms with van der Waals surface area (Å²) >= 11 is 9.35. The molecule has 0 fully saturated rings. The van der Waals surface area contributed by atoms with Gasteiger partial charge in [0.25, 0.3) is 0 Å². The van der Waals surface area contributed by atoms with Gasteiger partial charge in [0.2, 0.25) is 0 Å². The van der Waals surface area contributed by atoms with Crippen LogP contribution in [0.2, 0.25) is 5.02 Å². The van der Waals surface area contributed by atoms with Crippen molar-refractivity contribution in [3.8, 4) is 23.3 Å². The second kappa shape index (κ2) is 12.1. The number of allylic oxidation sites excluding steroid dienone is 1. The van der Waals surface area contributed by atoms with E-state index >= 15 is 0 Å². The third kappa shape index (κ3) is 6.74. The molecule has 0 aliphatic carbocycles. The zero-order chi connectivity index (χ0) is 24.5. The largest absolute Gasteiger partial charge is 0.493 e. The zero-order valence-corrected chi connectivity index (χ0v) is 20.9. The monoisotopic (exact) mass is 537 g/mol. The summed E-state index contributed by atoms with van der Waals surface area (Å²) in [6.07, 6.45) is 4.68. The minimum Gasteiger partial charge on any atom is -0.493 e. The van der Waals surface area contributed by atoms with Gasteiger partial charge in [-0.2, -0.15) is 5.26 Å². The minimum absolute atomic E-state index is 0.263. The van der Waals surface area contributed by atoms with Crippen molar-refractivity contribution in [2.75, 3.05) is 13.7 Å². The van der Waals surface area contributed by atoms with Gasteiger partial charge < -0.3 is 14.2 Å². The number of hydrogen-bond donors (Lipinski definition) is 0. The molecule has 3 rings (SSSR count). The molecular weight excluding hydrogens is 518 g/mol. The van der Waals surface area contributed by atoms with Gasteiger partial charge in [0.15, 0.2) is 11.5 Å². The van der Waals surface area contributed by atoms with Crippen molar-refractivity contribution >= 4 is 51.2 Å². The molecule has 5 nitrogen and oxygen atoms in total. The van der Waals surface area contributed by atoms with Gasteiger partial charge in [0.1, 0.15) is 5.75 Å². The molecular formula is C27H21BrClNO4. The summed E-state index contributed by atoms with van der Waals surface area (Å²) in [5, 5.41) is 10.2. The first kappa shape index (κ1) is 25.1. The quantitative estimate of drug-likeness (QED) is 0.0998. The highest BCUT2D eigenvalue weighted by Crippen LogP contribution is 2.31. The Morgan fingerprint density at radius 3 is 2.47 bits per heavy atom. The molecule has 7 heteroatoms. The standard InChI is InChI=1S/C27H21BrClNO4/c1-3-33-24-12-8-22(28)16-20(24)7-13-27(31)34-25-11-4-18(15-26(25)32-2)14-21(17-30)19-5-9-23(29)10-6-19/h4-16H,3H2,1-2H3/b13-7+,21-14+. The number of methoxy groups -OCH3 is 1. The molecule has 34 heavy (non-hydrogen) atoms. The Morgan fingerprint density at radius 2 is 1.79 bits per heavy atom. The lowest BCUT2D eigenvalue weighted by molar-refractivity contribution is -0.129. The summed E-state index contributed by atoms with van der Waals surface area (Å²) < 4.78 is 17.3. The number of nitriles is 1. The molecule has 3 aromatic carbocycles. The van der Waals surface area contributed by atoms with Gasteiger partial charge in [-0.3, -0.25) is 0 Å². The Balaban J connectivity index is 1.79. The van der Waals surface area contributed by atoms with E-state index in [1.54, 1.807) is 54.6 Å². The Labute approximate surface area is 212 Å². The third-order valence-electron chi connectivity index (χ3n) is 4.66. The van der Waals surface area contributed by atoms with Crippen molar-refractivity contribution in [2.24, 2.45) is 0 Å². The normalized spacial score (nSPS) is 11.2. The maximum atomic E-state index is 12.4. The number of carbonyl (C=O) groups excluding carboxylic acids is 1. The summed E-state index contributed by atoms with van der Waals surface area (Å²) in [7, 11) is 1.48. The van der Waals surface area contributed by atoms with Gasteiger partial charge in [0, 0.05) is 21.1 Å². The molecule has 0 N–H and O–H groups in total. The maximum Gasteiger partial charge on any atom is 0.336 e. The molecule has 0 radical (unpaired) electrons. The average Bonchev–Trinajstić information content (AvgIpc) is 2.84. The van der Waals surface area contributed by atoms with E-state index in [2.05, 4.69) is 22.0 Å². The molecule has 0 spiro atoms. The molecule has 0 saturated heterocycles. The molecule has 0 aliphatic heterocycles. The number of carbonyl (C=O) groups is 1. The van der Waals surface area contributed by atoms with Crippen LogP contribution in [0.1, 0.15) is 23.6 Å². The Hall–Kier alpha value is -3.53. The van der Waals surface area contributed by atoms with E-state index in [4.69, 9.17) is 25.8 Å². The SMILES string of the molecule is CCOc1ccc(Br)cc1/C=C/C(=O)Oc1ccc(/C=C(\C#N)c2ccc(Cl)cc2)cc1OC. The lowest BCUT2D eigenvalue weighted by Crippen LogP contribution is -2.05. The first-order valence-electron chi connectivity index (χ1n) is 10.3. The van der Waals surface area contributed by atoms with Crippen LogP contribution in [0.25, 0.3) is 17.7 Å². The van der Waals surface area contributed by atoms with Crippen LogP contribution >= 0.6 is 27.5 Å². The van der Waals surface area contributed by atoms with Gasteiger partial charge >= 0.3 is 5.97 Å². The first-order chi connectivity index (χ1) is 16.4. The van der Waals surface area contributed by atoms with Crippen LogP contribution in [0, 0.1) is 11.3 Å². The second-order valence-corrected chi connectivity index (χ2v) is 8.31. The van der Waals surface area contributed by atoms with Gasteiger partial charge in [-0.05, 0) is 72.7 Å². The van der Waals surface area contributed by atoms with Crippen molar-refractivity contribution in [1.29, 1.82) is 5.26 Å². The smallest absolute Gasteiger partial charge is 0.336 e. The highest BCUT2D eigenvalue weighted by atomic mass is 79.9. The van der Waals surface area contributed by atoms with E-state index < -0.39 is 5.97 Å². The number of nitrogens with zero attached hydrogens (tertiary/aromatic N) is 1. The highest BCUT2D eigenvalue weighted by Gasteiger charge is 2.10. The van der Waals surface area contributed by atoms with Crippen LogP contribution in [-0.2, 0) is 4.79 Å². The van der Waals surface area contributed by atoms with E-state index in [-0.39, 0.29) is 5.75 Å². The Bertz CT molecular complexity index is 1280. The number of halogens is 2. The van der Waals surface area contributed by atoms with Crippen LogP contribution in [0.5, 0.6) is 17.2 Å². The molecule has 0 heterocycles. The molecule has 172 valence electrons. The molecule has 0 saturated carbocycles. The fraction of sp³-hybridized carbons (Fsp3) is 0.111. The van der Waals surface area contributed by atoms with Crippen molar-refractivity contribution in [3.63, 3.8) is 0 Å². The third-order valence-corrected chi connectivity index (χ3v) is 5.40. The molecule has 0 atom stereocenters. The molecule has 0 unspecified atom stereocenters.